The van der Waals surface area contributed by atoms with Crippen LogP contribution in [0.15, 0.2) is 18.2 Å². The standard InChI is InChI=1S/C15H20ClNO4/c1-9-7-11(16)6-5-10(9)8-12(13(18)19)17-14(20)21-15(2,3)4/h5-7,12H,8H2,1-4H3,(H,17,20)(H,18,19). The summed E-state index contributed by atoms with van der Waals surface area (Å²) in [5.41, 5.74) is 1.01. The molecule has 1 unspecified atom stereocenters. The Bertz CT molecular complexity index is 537. The summed E-state index contributed by atoms with van der Waals surface area (Å²) in [6.45, 7) is 6.98. The number of hydrogen-bond donors (Lipinski definition) is 2. The molecule has 2 N–H and O–H groups in total. The van der Waals surface area contributed by atoms with Crippen LogP contribution in [0.2, 0.25) is 5.02 Å². The normalized spacial score (nSPS) is 12.6. The van der Waals surface area contributed by atoms with Crippen LogP contribution in [0, 0.1) is 6.92 Å². The molecule has 21 heavy (non-hydrogen) atoms. The van der Waals surface area contributed by atoms with Crippen LogP contribution < -0.4 is 5.32 Å². The van der Waals surface area contributed by atoms with Crippen molar-refractivity contribution < 1.29 is 19.4 Å². The average Bonchev–Trinajstić information content (AvgIpc) is 2.28. The highest BCUT2D eigenvalue weighted by molar-refractivity contribution is 6.30. The van der Waals surface area contributed by atoms with Crippen LogP contribution in [0.1, 0.15) is 31.9 Å². The van der Waals surface area contributed by atoms with Crippen molar-refractivity contribution in [1.82, 2.24) is 5.32 Å². The van der Waals surface area contributed by atoms with Gasteiger partial charge in [0, 0.05) is 11.4 Å². The van der Waals surface area contributed by atoms with Crippen LogP contribution in [0.5, 0.6) is 0 Å². The monoisotopic (exact) mass is 313 g/mol. The highest BCUT2D eigenvalue weighted by Crippen LogP contribution is 2.17. The lowest BCUT2D eigenvalue weighted by Gasteiger charge is -2.22. The summed E-state index contributed by atoms with van der Waals surface area (Å²) in [4.78, 5) is 23.0. The molecule has 6 heteroatoms. The van der Waals surface area contributed by atoms with Gasteiger partial charge < -0.3 is 15.2 Å². The lowest BCUT2D eigenvalue weighted by Crippen LogP contribution is -2.44. The van der Waals surface area contributed by atoms with Gasteiger partial charge in [0.2, 0.25) is 0 Å². The summed E-state index contributed by atoms with van der Waals surface area (Å²) in [5, 5.41) is 12.2. The molecule has 0 heterocycles. The highest BCUT2D eigenvalue weighted by atomic mass is 35.5. The summed E-state index contributed by atoms with van der Waals surface area (Å²) < 4.78 is 5.07. The number of carboxylic acid groups (broad SMARTS) is 1. The molecule has 0 aliphatic carbocycles. The van der Waals surface area contributed by atoms with Gasteiger partial charge in [-0.3, -0.25) is 0 Å². The van der Waals surface area contributed by atoms with Crippen molar-refractivity contribution in [2.24, 2.45) is 0 Å². The summed E-state index contributed by atoms with van der Waals surface area (Å²) in [5.74, 6) is -1.12. The maximum Gasteiger partial charge on any atom is 0.408 e. The lowest BCUT2D eigenvalue weighted by atomic mass is 10.0. The van der Waals surface area contributed by atoms with E-state index in [0.29, 0.717) is 5.02 Å². The van der Waals surface area contributed by atoms with Gasteiger partial charge in [0.15, 0.2) is 0 Å². The molecule has 1 amide bonds. The Morgan fingerprint density at radius 1 is 1.38 bits per heavy atom. The number of alkyl carbamates (subject to hydrolysis) is 1. The van der Waals surface area contributed by atoms with E-state index in [4.69, 9.17) is 16.3 Å². The predicted octanol–water partition coefficient (Wildman–Crippen LogP) is 3.17. The molecule has 1 aromatic carbocycles. The van der Waals surface area contributed by atoms with Crippen LogP contribution in [0.3, 0.4) is 0 Å². The minimum absolute atomic E-state index is 0.164. The highest BCUT2D eigenvalue weighted by Gasteiger charge is 2.24. The fourth-order valence-electron chi connectivity index (χ4n) is 1.76. The topological polar surface area (TPSA) is 75.6 Å². The maximum atomic E-state index is 11.7. The van der Waals surface area contributed by atoms with Crippen molar-refractivity contribution in [3.63, 3.8) is 0 Å². The van der Waals surface area contributed by atoms with E-state index in [0.717, 1.165) is 11.1 Å². The van der Waals surface area contributed by atoms with Crippen molar-refractivity contribution in [2.45, 2.75) is 45.8 Å². The molecule has 5 nitrogen and oxygen atoms in total. The van der Waals surface area contributed by atoms with Crippen molar-refractivity contribution in [3.8, 4) is 0 Å². The van der Waals surface area contributed by atoms with E-state index in [1.165, 1.54) is 0 Å². The van der Waals surface area contributed by atoms with Crippen molar-refractivity contribution in [1.29, 1.82) is 0 Å². The lowest BCUT2D eigenvalue weighted by molar-refractivity contribution is -0.139. The Morgan fingerprint density at radius 2 is 2.00 bits per heavy atom. The van der Waals surface area contributed by atoms with Gasteiger partial charge in [-0.25, -0.2) is 9.59 Å². The third-order valence-corrected chi connectivity index (χ3v) is 2.95. The smallest absolute Gasteiger partial charge is 0.408 e. The molecule has 0 radical (unpaired) electrons. The number of rotatable bonds is 4. The number of carboxylic acids is 1. The minimum Gasteiger partial charge on any atom is -0.480 e. The average molecular weight is 314 g/mol. The van der Waals surface area contributed by atoms with Crippen LogP contribution in [0.4, 0.5) is 4.79 Å². The van der Waals surface area contributed by atoms with E-state index in [2.05, 4.69) is 5.32 Å². The summed E-state index contributed by atoms with van der Waals surface area (Å²) in [6, 6.07) is 4.14. The molecule has 116 valence electrons. The van der Waals surface area contributed by atoms with Gasteiger partial charge in [0.1, 0.15) is 11.6 Å². The molecule has 0 saturated heterocycles. The summed E-state index contributed by atoms with van der Waals surface area (Å²) in [6.07, 6.45) is -0.584. The number of benzene rings is 1. The number of halogens is 1. The first-order chi connectivity index (χ1) is 9.58. The zero-order chi connectivity index (χ0) is 16.2. The number of ether oxygens (including phenoxy) is 1. The Kier molecular flexibility index (Phi) is 5.61. The third-order valence-electron chi connectivity index (χ3n) is 2.72. The van der Waals surface area contributed by atoms with E-state index in [1.54, 1.807) is 39.0 Å². The van der Waals surface area contributed by atoms with Gasteiger partial charge in [0.05, 0.1) is 0 Å². The number of carbonyl (C=O) groups excluding carboxylic acids is 1. The molecule has 0 bridgehead atoms. The van der Waals surface area contributed by atoms with Crippen LogP contribution in [0.25, 0.3) is 0 Å². The molecule has 1 rings (SSSR count). The fourth-order valence-corrected chi connectivity index (χ4v) is 1.98. The largest absolute Gasteiger partial charge is 0.480 e. The molecule has 0 aliphatic heterocycles. The van der Waals surface area contributed by atoms with Gasteiger partial charge in [-0.15, -0.1) is 0 Å². The maximum absolute atomic E-state index is 11.7. The first kappa shape index (κ1) is 17.3. The SMILES string of the molecule is Cc1cc(Cl)ccc1CC(NC(=O)OC(C)(C)C)C(=O)O. The second-order valence-electron chi connectivity index (χ2n) is 5.81. The molecule has 1 aromatic rings. The number of carbonyl (C=O) groups is 2. The summed E-state index contributed by atoms with van der Waals surface area (Å²) >= 11 is 5.87. The Morgan fingerprint density at radius 3 is 2.48 bits per heavy atom. The number of aliphatic carboxylic acids is 1. The van der Waals surface area contributed by atoms with E-state index in [-0.39, 0.29) is 6.42 Å². The predicted molar refractivity (Wildman–Crippen MR) is 80.7 cm³/mol. The zero-order valence-electron chi connectivity index (χ0n) is 12.6. The van der Waals surface area contributed by atoms with Crippen LogP contribution in [-0.2, 0) is 16.0 Å². The molecule has 0 fully saturated rings. The molecular weight excluding hydrogens is 294 g/mol. The van der Waals surface area contributed by atoms with E-state index < -0.39 is 23.7 Å². The van der Waals surface area contributed by atoms with E-state index in [9.17, 15) is 14.7 Å². The van der Waals surface area contributed by atoms with Gasteiger partial charge in [-0.1, -0.05) is 17.7 Å². The van der Waals surface area contributed by atoms with Crippen molar-refractivity contribution in [3.05, 3.63) is 34.3 Å². The third kappa shape index (κ3) is 6.04. The van der Waals surface area contributed by atoms with Gasteiger partial charge in [-0.2, -0.15) is 0 Å². The molecular formula is C15H20ClNO4. The van der Waals surface area contributed by atoms with E-state index in [1.807, 2.05) is 6.92 Å². The van der Waals surface area contributed by atoms with Gasteiger partial charge in [0.25, 0.3) is 0 Å². The Labute approximate surface area is 129 Å². The molecule has 0 aromatic heterocycles. The molecule has 0 spiro atoms. The fraction of sp³-hybridized carbons (Fsp3) is 0.467. The number of hydrogen-bond acceptors (Lipinski definition) is 3. The minimum atomic E-state index is -1.12. The van der Waals surface area contributed by atoms with Gasteiger partial charge >= 0.3 is 12.1 Å². The number of amides is 1. The second-order valence-corrected chi connectivity index (χ2v) is 6.25. The van der Waals surface area contributed by atoms with Crippen LogP contribution in [-0.4, -0.2) is 28.8 Å². The van der Waals surface area contributed by atoms with Gasteiger partial charge in [-0.05, 0) is 51.0 Å². The Balaban J connectivity index is 2.79. The van der Waals surface area contributed by atoms with E-state index >= 15 is 0 Å². The molecule has 0 aliphatic rings. The number of aryl methyl sites for hydroxylation is 1. The Hall–Kier alpha value is -1.75. The van der Waals surface area contributed by atoms with Crippen molar-refractivity contribution in [2.75, 3.05) is 0 Å². The first-order valence-electron chi connectivity index (χ1n) is 6.56. The molecule has 0 saturated carbocycles. The molecule has 1 atom stereocenters. The second kappa shape index (κ2) is 6.80. The van der Waals surface area contributed by atoms with Crippen molar-refractivity contribution >= 4 is 23.7 Å². The quantitative estimate of drug-likeness (QED) is 0.895. The zero-order valence-corrected chi connectivity index (χ0v) is 13.3. The number of nitrogens with one attached hydrogen (secondary N) is 1. The first-order valence-corrected chi connectivity index (χ1v) is 6.93. The summed E-state index contributed by atoms with van der Waals surface area (Å²) in [7, 11) is 0. The van der Waals surface area contributed by atoms with Crippen LogP contribution >= 0.6 is 11.6 Å².